The van der Waals surface area contributed by atoms with Gasteiger partial charge in [0.05, 0.1) is 0 Å². The van der Waals surface area contributed by atoms with Crippen molar-refractivity contribution in [1.29, 1.82) is 0 Å². The van der Waals surface area contributed by atoms with Crippen LogP contribution < -0.4 is 0 Å². The highest BCUT2D eigenvalue weighted by molar-refractivity contribution is 5.96. The quantitative estimate of drug-likeness (QED) is 0.914. The summed E-state index contributed by atoms with van der Waals surface area (Å²) >= 11 is 0. The molecule has 6 heteroatoms. The number of aliphatic carboxylic acids is 1. The van der Waals surface area contributed by atoms with Crippen LogP contribution in [0.15, 0.2) is 24.3 Å². The lowest BCUT2D eigenvalue weighted by atomic mass is 10.0. The van der Waals surface area contributed by atoms with E-state index < -0.39 is 12.0 Å². The summed E-state index contributed by atoms with van der Waals surface area (Å²) in [5.41, 5.74) is 1.48. The van der Waals surface area contributed by atoms with E-state index in [1.807, 2.05) is 17.0 Å². The molecule has 6 nitrogen and oxygen atoms in total. The Morgan fingerprint density at radius 1 is 1.08 bits per heavy atom. The Morgan fingerprint density at radius 3 is 2.46 bits per heavy atom. The number of likely N-dealkylation sites (tertiary alicyclic amines) is 2. The Bertz CT molecular complexity index is 641. The van der Waals surface area contributed by atoms with Gasteiger partial charge in [0.25, 0.3) is 5.91 Å². The van der Waals surface area contributed by atoms with Gasteiger partial charge in [-0.15, -0.1) is 0 Å². The van der Waals surface area contributed by atoms with E-state index in [9.17, 15) is 19.5 Å². The van der Waals surface area contributed by atoms with Crippen molar-refractivity contribution >= 4 is 17.8 Å². The lowest BCUT2D eigenvalue weighted by Gasteiger charge is -2.33. The van der Waals surface area contributed by atoms with Crippen LogP contribution in [0.1, 0.15) is 48.0 Å². The molecule has 3 rings (SSSR count). The van der Waals surface area contributed by atoms with Crippen molar-refractivity contribution in [2.24, 2.45) is 0 Å². The summed E-state index contributed by atoms with van der Waals surface area (Å²) in [5, 5.41) is 9.30. The summed E-state index contributed by atoms with van der Waals surface area (Å²) in [7, 11) is 0. The Balaban J connectivity index is 1.69. The minimum Gasteiger partial charge on any atom is -0.480 e. The summed E-state index contributed by atoms with van der Waals surface area (Å²) in [4.78, 5) is 38.9. The van der Waals surface area contributed by atoms with Gasteiger partial charge in [0, 0.05) is 31.6 Å². The molecular weight excluding hydrogens is 308 g/mol. The standard InChI is InChI=1S/C18H22N2O4/c21-16-5-3-10-19(16)12-13-6-8-14(9-7-13)17(22)20-11-2-1-4-15(20)18(23)24/h6-9,15H,1-5,10-12H2,(H,23,24)/t15-/m1/s1. The number of carbonyl (C=O) groups is 3. The highest BCUT2D eigenvalue weighted by atomic mass is 16.4. The molecule has 1 N–H and O–H groups in total. The second-order valence-corrected chi connectivity index (χ2v) is 6.46. The third kappa shape index (κ3) is 3.42. The van der Waals surface area contributed by atoms with Crippen LogP contribution in [0.4, 0.5) is 0 Å². The van der Waals surface area contributed by atoms with Crippen molar-refractivity contribution in [2.45, 2.75) is 44.7 Å². The molecule has 0 unspecified atom stereocenters. The Labute approximate surface area is 141 Å². The van der Waals surface area contributed by atoms with Crippen molar-refractivity contribution < 1.29 is 19.5 Å². The molecule has 0 aliphatic carbocycles. The minimum atomic E-state index is -0.938. The van der Waals surface area contributed by atoms with Gasteiger partial charge in [-0.1, -0.05) is 12.1 Å². The number of amides is 2. The highest BCUT2D eigenvalue weighted by Crippen LogP contribution is 2.21. The molecule has 2 aliphatic rings. The van der Waals surface area contributed by atoms with Gasteiger partial charge in [0.2, 0.25) is 5.91 Å². The number of hydrogen-bond acceptors (Lipinski definition) is 3. The van der Waals surface area contributed by atoms with Gasteiger partial charge in [-0.3, -0.25) is 9.59 Å². The molecule has 0 spiro atoms. The van der Waals surface area contributed by atoms with E-state index in [4.69, 9.17) is 0 Å². The van der Waals surface area contributed by atoms with E-state index in [1.54, 1.807) is 12.1 Å². The van der Waals surface area contributed by atoms with Gasteiger partial charge in [0.15, 0.2) is 0 Å². The van der Waals surface area contributed by atoms with Gasteiger partial charge in [0.1, 0.15) is 6.04 Å². The van der Waals surface area contributed by atoms with E-state index in [-0.39, 0.29) is 11.8 Å². The summed E-state index contributed by atoms with van der Waals surface area (Å²) in [6.45, 7) is 1.84. The first kappa shape index (κ1) is 16.5. The molecule has 2 fully saturated rings. The molecule has 1 atom stereocenters. The van der Waals surface area contributed by atoms with Crippen LogP contribution in [-0.2, 0) is 16.1 Å². The van der Waals surface area contributed by atoms with Crippen molar-refractivity contribution in [3.05, 3.63) is 35.4 Å². The zero-order valence-electron chi connectivity index (χ0n) is 13.6. The number of hydrogen-bond donors (Lipinski definition) is 1. The number of piperidine rings is 1. The fourth-order valence-corrected chi connectivity index (χ4v) is 3.44. The molecule has 0 saturated carbocycles. The molecule has 2 amide bonds. The number of carboxylic acid groups (broad SMARTS) is 1. The van der Waals surface area contributed by atoms with Crippen LogP contribution in [0.5, 0.6) is 0 Å². The summed E-state index contributed by atoms with van der Waals surface area (Å²) in [6.07, 6.45) is 3.70. The topological polar surface area (TPSA) is 77.9 Å². The first-order valence-corrected chi connectivity index (χ1v) is 8.47. The maximum atomic E-state index is 12.6. The number of benzene rings is 1. The predicted octanol–water partition coefficient (Wildman–Crippen LogP) is 1.89. The first-order valence-electron chi connectivity index (χ1n) is 8.47. The summed E-state index contributed by atoms with van der Waals surface area (Å²) < 4.78 is 0. The van der Waals surface area contributed by atoms with Gasteiger partial charge in [-0.2, -0.15) is 0 Å². The lowest BCUT2D eigenvalue weighted by Crippen LogP contribution is -2.47. The van der Waals surface area contributed by atoms with Crippen LogP contribution in [-0.4, -0.2) is 51.8 Å². The first-order chi connectivity index (χ1) is 11.6. The van der Waals surface area contributed by atoms with E-state index in [2.05, 4.69) is 0 Å². The predicted molar refractivity (Wildman–Crippen MR) is 87.4 cm³/mol. The number of nitrogens with zero attached hydrogens (tertiary/aromatic N) is 2. The van der Waals surface area contributed by atoms with E-state index in [1.165, 1.54) is 4.90 Å². The normalized spacial score (nSPS) is 21.2. The van der Waals surface area contributed by atoms with Gasteiger partial charge < -0.3 is 14.9 Å². The van der Waals surface area contributed by atoms with Crippen LogP contribution in [0.25, 0.3) is 0 Å². The third-order valence-corrected chi connectivity index (χ3v) is 4.79. The molecule has 0 aromatic heterocycles. The zero-order chi connectivity index (χ0) is 17.1. The second kappa shape index (κ2) is 7.03. The Kier molecular flexibility index (Phi) is 4.83. The maximum Gasteiger partial charge on any atom is 0.326 e. The molecule has 2 heterocycles. The molecule has 1 aromatic carbocycles. The monoisotopic (exact) mass is 330 g/mol. The summed E-state index contributed by atoms with van der Waals surface area (Å²) in [5.74, 6) is -0.995. The van der Waals surface area contributed by atoms with Gasteiger partial charge in [-0.25, -0.2) is 4.79 Å². The molecule has 0 bridgehead atoms. The SMILES string of the molecule is O=C(O)[C@H]1CCCCN1C(=O)c1ccc(CN2CCCC2=O)cc1. The highest BCUT2D eigenvalue weighted by Gasteiger charge is 2.32. The molecular formula is C18H22N2O4. The van der Waals surface area contributed by atoms with Crippen LogP contribution in [0.2, 0.25) is 0 Å². The molecule has 2 aliphatic heterocycles. The maximum absolute atomic E-state index is 12.6. The van der Waals surface area contributed by atoms with E-state index in [0.29, 0.717) is 31.5 Å². The van der Waals surface area contributed by atoms with Crippen LogP contribution >= 0.6 is 0 Å². The third-order valence-electron chi connectivity index (χ3n) is 4.79. The average molecular weight is 330 g/mol. The smallest absolute Gasteiger partial charge is 0.326 e. The van der Waals surface area contributed by atoms with E-state index in [0.717, 1.165) is 31.4 Å². The lowest BCUT2D eigenvalue weighted by molar-refractivity contribution is -0.143. The zero-order valence-corrected chi connectivity index (χ0v) is 13.6. The number of carboxylic acids is 1. The van der Waals surface area contributed by atoms with E-state index >= 15 is 0 Å². The second-order valence-electron chi connectivity index (χ2n) is 6.46. The van der Waals surface area contributed by atoms with Gasteiger partial charge >= 0.3 is 5.97 Å². The number of carbonyl (C=O) groups excluding carboxylic acids is 2. The van der Waals surface area contributed by atoms with Crippen LogP contribution in [0, 0.1) is 0 Å². The summed E-state index contributed by atoms with van der Waals surface area (Å²) in [6, 6.07) is 6.42. The van der Waals surface area contributed by atoms with Crippen molar-refractivity contribution in [1.82, 2.24) is 9.80 Å². The number of rotatable bonds is 4. The minimum absolute atomic E-state index is 0.174. The molecule has 0 radical (unpaired) electrons. The Hall–Kier alpha value is -2.37. The molecule has 128 valence electrons. The molecule has 1 aromatic rings. The van der Waals surface area contributed by atoms with Crippen molar-refractivity contribution in [3.8, 4) is 0 Å². The van der Waals surface area contributed by atoms with Crippen LogP contribution in [0.3, 0.4) is 0 Å². The molecule has 24 heavy (non-hydrogen) atoms. The largest absolute Gasteiger partial charge is 0.480 e. The van der Waals surface area contributed by atoms with Crippen molar-refractivity contribution in [2.75, 3.05) is 13.1 Å². The average Bonchev–Trinajstić information content (AvgIpc) is 3.00. The van der Waals surface area contributed by atoms with Crippen molar-refractivity contribution in [3.63, 3.8) is 0 Å². The molecule has 2 saturated heterocycles. The fourth-order valence-electron chi connectivity index (χ4n) is 3.44. The fraction of sp³-hybridized carbons (Fsp3) is 0.500. The Morgan fingerprint density at radius 2 is 1.83 bits per heavy atom. The van der Waals surface area contributed by atoms with Gasteiger partial charge in [-0.05, 0) is 43.4 Å².